The first-order chi connectivity index (χ1) is 13.7. The van der Waals surface area contributed by atoms with Crippen LogP contribution in [0.25, 0.3) is 11.5 Å². The SMILES string of the molecule is C[C@H](Nc1nnc(-c2cc(C(F)(F)F)c[nH]c2=O)o1)C(=O)N1CCC2(CC1)CC2. The zero-order chi connectivity index (χ0) is 20.8. The number of aromatic nitrogens is 3. The van der Waals surface area contributed by atoms with Gasteiger partial charge in [-0.3, -0.25) is 9.59 Å². The van der Waals surface area contributed by atoms with Gasteiger partial charge < -0.3 is 19.6 Å². The van der Waals surface area contributed by atoms with Gasteiger partial charge in [-0.15, -0.1) is 5.10 Å². The predicted molar refractivity (Wildman–Crippen MR) is 95.9 cm³/mol. The number of nitrogens with one attached hydrogen (secondary N) is 2. The van der Waals surface area contributed by atoms with E-state index in [1.807, 2.05) is 4.98 Å². The van der Waals surface area contributed by atoms with Crippen molar-refractivity contribution in [1.82, 2.24) is 20.1 Å². The molecular weight excluding hydrogens is 391 g/mol. The Morgan fingerprint density at radius 1 is 1.28 bits per heavy atom. The second kappa shape index (κ2) is 6.89. The topological polar surface area (TPSA) is 104 Å². The summed E-state index contributed by atoms with van der Waals surface area (Å²) in [6.07, 6.45) is 0.439. The smallest absolute Gasteiger partial charge is 0.403 e. The van der Waals surface area contributed by atoms with Crippen LogP contribution in [0.2, 0.25) is 0 Å². The van der Waals surface area contributed by atoms with Crippen LogP contribution in [-0.4, -0.2) is 45.1 Å². The highest BCUT2D eigenvalue weighted by Gasteiger charge is 2.45. The zero-order valence-electron chi connectivity index (χ0n) is 15.7. The maximum atomic E-state index is 12.9. The van der Waals surface area contributed by atoms with E-state index in [1.165, 1.54) is 12.8 Å². The Balaban J connectivity index is 1.44. The summed E-state index contributed by atoms with van der Waals surface area (Å²) in [6.45, 7) is 3.06. The molecule has 1 atom stereocenters. The van der Waals surface area contributed by atoms with E-state index in [1.54, 1.807) is 11.8 Å². The van der Waals surface area contributed by atoms with E-state index in [9.17, 15) is 22.8 Å². The number of carbonyl (C=O) groups is 1. The number of piperidine rings is 1. The summed E-state index contributed by atoms with van der Waals surface area (Å²) in [5.74, 6) is -0.481. The molecule has 0 bridgehead atoms. The molecule has 1 amide bonds. The molecule has 1 spiro atoms. The Kier molecular flexibility index (Phi) is 4.62. The molecule has 1 saturated carbocycles. The summed E-state index contributed by atoms with van der Waals surface area (Å²) >= 11 is 0. The number of pyridine rings is 1. The number of aromatic amines is 1. The first-order valence-corrected chi connectivity index (χ1v) is 9.36. The average molecular weight is 411 g/mol. The van der Waals surface area contributed by atoms with Gasteiger partial charge in [0.15, 0.2) is 0 Å². The third-order valence-electron chi connectivity index (χ3n) is 5.69. The molecule has 1 aliphatic heterocycles. The number of alkyl halides is 3. The van der Waals surface area contributed by atoms with Gasteiger partial charge in [-0.1, -0.05) is 5.10 Å². The quantitative estimate of drug-likeness (QED) is 0.802. The van der Waals surface area contributed by atoms with Crippen LogP contribution in [0.4, 0.5) is 19.2 Å². The molecule has 0 aromatic carbocycles. The van der Waals surface area contributed by atoms with Crippen LogP contribution < -0.4 is 10.9 Å². The van der Waals surface area contributed by atoms with Gasteiger partial charge in [0.1, 0.15) is 11.6 Å². The highest BCUT2D eigenvalue weighted by atomic mass is 19.4. The van der Waals surface area contributed by atoms with E-state index in [0.29, 0.717) is 30.8 Å². The van der Waals surface area contributed by atoms with Crippen LogP contribution in [0.3, 0.4) is 0 Å². The average Bonchev–Trinajstić information content (AvgIpc) is 3.26. The molecule has 2 aromatic heterocycles. The van der Waals surface area contributed by atoms with Gasteiger partial charge in [-0.05, 0) is 44.1 Å². The molecule has 1 saturated heterocycles. The van der Waals surface area contributed by atoms with Gasteiger partial charge in [0.25, 0.3) is 11.4 Å². The predicted octanol–water partition coefficient (Wildman–Crippen LogP) is 2.65. The lowest BCUT2D eigenvalue weighted by molar-refractivity contribution is -0.138. The Labute approximate surface area is 163 Å². The number of anilines is 1. The van der Waals surface area contributed by atoms with Crippen LogP contribution in [0.15, 0.2) is 21.5 Å². The molecule has 11 heteroatoms. The van der Waals surface area contributed by atoms with Crippen molar-refractivity contribution in [3.8, 4) is 11.5 Å². The molecule has 29 heavy (non-hydrogen) atoms. The van der Waals surface area contributed by atoms with Gasteiger partial charge in [0.2, 0.25) is 5.91 Å². The molecule has 2 aromatic rings. The summed E-state index contributed by atoms with van der Waals surface area (Å²) in [6, 6.07) is -0.156. The molecular formula is C18H20F3N5O3. The van der Waals surface area contributed by atoms with Crippen LogP contribution in [0.5, 0.6) is 0 Å². The fourth-order valence-corrected chi connectivity index (χ4v) is 3.60. The molecule has 156 valence electrons. The Morgan fingerprint density at radius 3 is 2.59 bits per heavy atom. The lowest BCUT2D eigenvalue weighted by atomic mass is 9.93. The standard InChI is InChI=1S/C18H20F3N5O3/c1-10(15(28)26-6-4-17(2-3-17)5-7-26)23-16-25-24-14(29-16)12-8-11(18(19,20)21)9-22-13(12)27/h8-10H,2-7H2,1H3,(H,22,27)(H,23,25)/t10-/m0/s1. The van der Waals surface area contributed by atoms with E-state index in [0.717, 1.165) is 12.8 Å². The molecule has 2 N–H and O–H groups in total. The van der Waals surface area contributed by atoms with Crippen molar-refractivity contribution < 1.29 is 22.4 Å². The molecule has 2 aliphatic rings. The van der Waals surface area contributed by atoms with Gasteiger partial charge in [0.05, 0.1) is 5.56 Å². The molecule has 3 heterocycles. The molecule has 2 fully saturated rings. The normalized spacial score (nSPS) is 19.2. The Bertz CT molecular complexity index is 970. The van der Waals surface area contributed by atoms with Gasteiger partial charge in [-0.2, -0.15) is 13.2 Å². The van der Waals surface area contributed by atoms with Crippen molar-refractivity contribution >= 4 is 11.9 Å². The summed E-state index contributed by atoms with van der Waals surface area (Å²) < 4.78 is 43.9. The minimum Gasteiger partial charge on any atom is -0.403 e. The number of H-pyrrole nitrogens is 1. The minimum atomic E-state index is -4.63. The number of amides is 1. The number of carbonyl (C=O) groups excluding carboxylic acids is 1. The van der Waals surface area contributed by atoms with Crippen LogP contribution >= 0.6 is 0 Å². The van der Waals surface area contributed by atoms with Crippen molar-refractivity contribution in [2.45, 2.75) is 44.8 Å². The number of hydrogen-bond donors (Lipinski definition) is 2. The number of halogens is 3. The molecule has 8 nitrogen and oxygen atoms in total. The third kappa shape index (κ3) is 3.99. The highest BCUT2D eigenvalue weighted by molar-refractivity contribution is 5.83. The summed E-state index contributed by atoms with van der Waals surface area (Å²) in [5, 5.41) is 10.1. The van der Waals surface area contributed by atoms with Crippen LogP contribution in [0, 0.1) is 5.41 Å². The first-order valence-electron chi connectivity index (χ1n) is 9.36. The Morgan fingerprint density at radius 2 is 1.97 bits per heavy atom. The number of likely N-dealkylation sites (tertiary alicyclic amines) is 1. The van der Waals surface area contributed by atoms with Crippen molar-refractivity contribution in [2.75, 3.05) is 18.4 Å². The monoisotopic (exact) mass is 411 g/mol. The van der Waals surface area contributed by atoms with Crippen molar-refractivity contribution in [1.29, 1.82) is 0 Å². The molecule has 1 aliphatic carbocycles. The fourth-order valence-electron chi connectivity index (χ4n) is 3.60. The molecule has 0 radical (unpaired) electrons. The Hall–Kier alpha value is -2.85. The van der Waals surface area contributed by atoms with Gasteiger partial charge in [0, 0.05) is 19.3 Å². The minimum absolute atomic E-state index is 0.114. The van der Waals surface area contributed by atoms with E-state index in [2.05, 4.69) is 15.5 Å². The van der Waals surface area contributed by atoms with Gasteiger partial charge in [-0.25, -0.2) is 0 Å². The summed E-state index contributed by atoms with van der Waals surface area (Å²) in [4.78, 5) is 28.3. The lowest BCUT2D eigenvalue weighted by Crippen LogP contribution is -2.45. The van der Waals surface area contributed by atoms with Crippen LogP contribution in [0.1, 0.15) is 38.2 Å². The fraction of sp³-hybridized carbons (Fsp3) is 0.556. The first kappa shape index (κ1) is 19.5. The van der Waals surface area contributed by atoms with E-state index < -0.39 is 28.9 Å². The maximum absolute atomic E-state index is 12.9. The second-order valence-corrected chi connectivity index (χ2v) is 7.73. The number of rotatable bonds is 4. The van der Waals surface area contributed by atoms with E-state index in [4.69, 9.17) is 4.42 Å². The lowest BCUT2D eigenvalue weighted by Gasteiger charge is -2.33. The highest BCUT2D eigenvalue weighted by Crippen LogP contribution is 2.53. The van der Waals surface area contributed by atoms with E-state index in [-0.39, 0.29) is 17.8 Å². The number of nitrogens with zero attached hydrogens (tertiary/aromatic N) is 3. The van der Waals surface area contributed by atoms with Crippen molar-refractivity contribution in [3.05, 3.63) is 28.2 Å². The zero-order valence-corrected chi connectivity index (χ0v) is 15.7. The largest absolute Gasteiger partial charge is 0.417 e. The summed E-state index contributed by atoms with van der Waals surface area (Å²) in [5.41, 5.74) is -1.78. The summed E-state index contributed by atoms with van der Waals surface area (Å²) in [7, 11) is 0. The van der Waals surface area contributed by atoms with Gasteiger partial charge >= 0.3 is 12.2 Å². The third-order valence-corrected chi connectivity index (χ3v) is 5.69. The van der Waals surface area contributed by atoms with Crippen LogP contribution in [-0.2, 0) is 11.0 Å². The molecule has 4 rings (SSSR count). The molecule has 0 unspecified atom stereocenters. The number of hydrogen-bond acceptors (Lipinski definition) is 6. The second-order valence-electron chi connectivity index (χ2n) is 7.73. The van der Waals surface area contributed by atoms with Crippen molar-refractivity contribution in [2.24, 2.45) is 5.41 Å². The maximum Gasteiger partial charge on any atom is 0.417 e. The van der Waals surface area contributed by atoms with E-state index >= 15 is 0 Å². The van der Waals surface area contributed by atoms with Crippen molar-refractivity contribution in [3.63, 3.8) is 0 Å².